The zero-order valence-electron chi connectivity index (χ0n) is 17.1. The first kappa shape index (κ1) is 21.7. The molecule has 0 aliphatic heterocycles. The smallest absolute Gasteiger partial charge is 0.309 e. The topological polar surface area (TPSA) is 50.1 Å². The maximum atomic E-state index is 12.5. The molecule has 0 heterocycles. The summed E-state index contributed by atoms with van der Waals surface area (Å²) in [5, 5.41) is 8.43. The standard InChI is InChI=1S/C24H37NO2/c1-2-3-9-20-11-15-22(16-12-20)24(26)27-23-17-13-21(14-18-23)10-7-5-4-6-8-19-25/h4-6,8,20-23H,2-3,7,9-18H2,1H3/b5-4+,8-6?. The second-order valence-corrected chi connectivity index (χ2v) is 8.43. The van der Waals surface area contributed by atoms with Gasteiger partial charge in [0, 0.05) is 6.08 Å². The minimum Gasteiger partial charge on any atom is -0.462 e. The molecule has 3 heteroatoms. The van der Waals surface area contributed by atoms with Gasteiger partial charge in [0.25, 0.3) is 0 Å². The summed E-state index contributed by atoms with van der Waals surface area (Å²) in [4.78, 5) is 12.5. The lowest BCUT2D eigenvalue weighted by Crippen LogP contribution is -2.30. The SMILES string of the molecule is CCCCC1CCC(C(=O)OC2CCC(CC/C=C/C=CC#N)CC2)CC1. The lowest BCUT2D eigenvalue weighted by atomic mass is 9.79. The normalized spacial score (nSPS) is 29.0. The molecule has 0 atom stereocenters. The number of nitrogens with zero attached hydrogens (tertiary/aromatic N) is 1. The van der Waals surface area contributed by atoms with Crippen molar-refractivity contribution in [2.24, 2.45) is 17.8 Å². The number of hydrogen-bond donors (Lipinski definition) is 0. The maximum Gasteiger partial charge on any atom is 0.309 e. The van der Waals surface area contributed by atoms with Gasteiger partial charge >= 0.3 is 5.97 Å². The van der Waals surface area contributed by atoms with E-state index < -0.39 is 0 Å². The summed E-state index contributed by atoms with van der Waals surface area (Å²) in [5.74, 6) is 1.83. The second-order valence-electron chi connectivity index (χ2n) is 8.43. The maximum absolute atomic E-state index is 12.5. The Bertz CT molecular complexity index is 515. The molecule has 0 bridgehead atoms. The molecule has 0 aromatic rings. The number of carbonyl (C=O) groups excluding carboxylic acids is 1. The van der Waals surface area contributed by atoms with E-state index in [9.17, 15) is 4.79 Å². The van der Waals surface area contributed by atoms with E-state index in [2.05, 4.69) is 13.0 Å². The monoisotopic (exact) mass is 371 g/mol. The van der Waals surface area contributed by atoms with Crippen molar-refractivity contribution >= 4 is 5.97 Å². The number of carbonyl (C=O) groups is 1. The summed E-state index contributed by atoms with van der Waals surface area (Å²) >= 11 is 0. The van der Waals surface area contributed by atoms with Gasteiger partial charge in [-0.05, 0) is 76.0 Å². The average molecular weight is 372 g/mol. The van der Waals surface area contributed by atoms with E-state index >= 15 is 0 Å². The predicted molar refractivity (Wildman–Crippen MR) is 110 cm³/mol. The van der Waals surface area contributed by atoms with Crippen LogP contribution in [-0.4, -0.2) is 12.1 Å². The molecule has 2 aliphatic carbocycles. The highest BCUT2D eigenvalue weighted by atomic mass is 16.5. The number of hydrogen-bond acceptors (Lipinski definition) is 3. The van der Waals surface area contributed by atoms with Crippen molar-refractivity contribution in [1.29, 1.82) is 5.26 Å². The van der Waals surface area contributed by atoms with Crippen molar-refractivity contribution in [1.82, 2.24) is 0 Å². The Morgan fingerprint density at radius 3 is 2.33 bits per heavy atom. The molecule has 2 saturated carbocycles. The van der Waals surface area contributed by atoms with Crippen LogP contribution in [0.2, 0.25) is 0 Å². The molecule has 150 valence electrons. The van der Waals surface area contributed by atoms with E-state index in [-0.39, 0.29) is 18.0 Å². The van der Waals surface area contributed by atoms with Crippen molar-refractivity contribution < 1.29 is 9.53 Å². The fraction of sp³-hybridized carbons (Fsp3) is 0.750. The molecule has 2 aliphatic rings. The van der Waals surface area contributed by atoms with Crippen LogP contribution < -0.4 is 0 Å². The van der Waals surface area contributed by atoms with Crippen molar-refractivity contribution in [3.8, 4) is 6.07 Å². The third kappa shape index (κ3) is 8.33. The van der Waals surface area contributed by atoms with Gasteiger partial charge in [-0.1, -0.05) is 44.4 Å². The largest absolute Gasteiger partial charge is 0.462 e. The minimum absolute atomic E-state index is 0.0830. The second kappa shape index (κ2) is 12.8. The summed E-state index contributed by atoms with van der Waals surface area (Å²) in [6, 6.07) is 1.99. The number of nitriles is 1. The minimum atomic E-state index is 0.0830. The van der Waals surface area contributed by atoms with Crippen LogP contribution in [-0.2, 0) is 9.53 Å². The van der Waals surface area contributed by atoms with Crippen molar-refractivity contribution in [2.75, 3.05) is 0 Å². The van der Waals surface area contributed by atoms with E-state index in [1.165, 1.54) is 57.4 Å². The van der Waals surface area contributed by atoms with Crippen molar-refractivity contribution in [2.45, 2.75) is 96.5 Å². The number of unbranched alkanes of at least 4 members (excludes halogenated alkanes) is 1. The Kier molecular flexibility index (Phi) is 10.3. The first-order chi connectivity index (χ1) is 13.2. The highest BCUT2D eigenvalue weighted by Gasteiger charge is 2.30. The van der Waals surface area contributed by atoms with Crippen LogP contribution in [0, 0.1) is 29.1 Å². The van der Waals surface area contributed by atoms with E-state index in [0.717, 1.165) is 43.9 Å². The Labute approximate surface area is 165 Å². The molecular formula is C24H37NO2. The molecule has 2 fully saturated rings. The van der Waals surface area contributed by atoms with E-state index in [1.807, 2.05) is 12.1 Å². The Morgan fingerprint density at radius 1 is 1.00 bits per heavy atom. The summed E-state index contributed by atoms with van der Waals surface area (Å²) in [7, 11) is 0. The third-order valence-corrected chi connectivity index (χ3v) is 6.38. The van der Waals surface area contributed by atoms with Crippen molar-refractivity contribution in [3.63, 3.8) is 0 Å². The highest BCUT2D eigenvalue weighted by molar-refractivity contribution is 5.72. The molecule has 0 unspecified atom stereocenters. The average Bonchev–Trinajstić information content (AvgIpc) is 2.70. The molecule has 0 saturated heterocycles. The molecule has 3 nitrogen and oxygen atoms in total. The van der Waals surface area contributed by atoms with Gasteiger partial charge < -0.3 is 4.74 Å². The molecule has 0 amide bonds. The molecule has 0 aromatic carbocycles. The van der Waals surface area contributed by atoms with Gasteiger partial charge in [-0.25, -0.2) is 0 Å². The molecule has 0 aromatic heterocycles. The summed E-state index contributed by atoms with van der Waals surface area (Å²) in [6.07, 6.45) is 22.6. The Morgan fingerprint density at radius 2 is 1.67 bits per heavy atom. The van der Waals surface area contributed by atoms with Gasteiger partial charge in [0.1, 0.15) is 6.10 Å². The van der Waals surface area contributed by atoms with Gasteiger partial charge in [-0.2, -0.15) is 5.26 Å². The lowest BCUT2D eigenvalue weighted by molar-refractivity contribution is -0.157. The number of ether oxygens (including phenoxy) is 1. The van der Waals surface area contributed by atoms with Crippen LogP contribution in [0.4, 0.5) is 0 Å². The van der Waals surface area contributed by atoms with Gasteiger partial charge in [0.2, 0.25) is 0 Å². The first-order valence-electron chi connectivity index (χ1n) is 11.1. The van der Waals surface area contributed by atoms with E-state index in [1.54, 1.807) is 6.08 Å². The van der Waals surface area contributed by atoms with Crippen LogP contribution in [0.1, 0.15) is 90.4 Å². The highest BCUT2D eigenvalue weighted by Crippen LogP contribution is 2.34. The molecule has 0 radical (unpaired) electrons. The molecule has 0 spiro atoms. The fourth-order valence-corrected chi connectivity index (χ4v) is 4.58. The zero-order valence-corrected chi connectivity index (χ0v) is 17.1. The Hall–Kier alpha value is -1.56. The third-order valence-electron chi connectivity index (χ3n) is 6.38. The fourth-order valence-electron chi connectivity index (χ4n) is 4.58. The van der Waals surface area contributed by atoms with E-state index in [4.69, 9.17) is 10.00 Å². The molecule has 0 N–H and O–H groups in total. The van der Waals surface area contributed by atoms with Gasteiger partial charge in [0.05, 0.1) is 12.0 Å². The number of esters is 1. The summed E-state index contributed by atoms with van der Waals surface area (Å²) in [5.41, 5.74) is 0. The summed E-state index contributed by atoms with van der Waals surface area (Å²) in [6.45, 7) is 2.25. The molecular weight excluding hydrogens is 334 g/mol. The molecule has 27 heavy (non-hydrogen) atoms. The van der Waals surface area contributed by atoms with Crippen LogP contribution in [0.5, 0.6) is 0 Å². The number of rotatable bonds is 9. The van der Waals surface area contributed by atoms with Crippen LogP contribution >= 0.6 is 0 Å². The molecule has 2 rings (SSSR count). The predicted octanol–water partition coefficient (Wildman–Crippen LogP) is 6.50. The van der Waals surface area contributed by atoms with Crippen molar-refractivity contribution in [3.05, 3.63) is 24.3 Å². The zero-order chi connectivity index (χ0) is 19.3. The summed E-state index contributed by atoms with van der Waals surface area (Å²) < 4.78 is 5.87. The number of allylic oxidation sites excluding steroid dienone is 4. The van der Waals surface area contributed by atoms with Gasteiger partial charge in [0.15, 0.2) is 0 Å². The lowest BCUT2D eigenvalue weighted by Gasteiger charge is -2.31. The van der Waals surface area contributed by atoms with Gasteiger partial charge in [-0.15, -0.1) is 0 Å². The van der Waals surface area contributed by atoms with Crippen LogP contribution in [0.3, 0.4) is 0 Å². The van der Waals surface area contributed by atoms with Crippen LogP contribution in [0.15, 0.2) is 24.3 Å². The first-order valence-corrected chi connectivity index (χ1v) is 11.1. The quantitative estimate of drug-likeness (QED) is 0.264. The Balaban J connectivity index is 1.59. The van der Waals surface area contributed by atoms with Gasteiger partial charge in [-0.3, -0.25) is 4.79 Å². The van der Waals surface area contributed by atoms with E-state index in [0.29, 0.717) is 0 Å². The van der Waals surface area contributed by atoms with Crippen LogP contribution in [0.25, 0.3) is 0 Å².